The molecular weight excluding hydrogens is 1260 g/mol. The molecule has 0 saturated heterocycles. The van der Waals surface area contributed by atoms with E-state index in [-0.39, 0.29) is 72.4 Å². The van der Waals surface area contributed by atoms with Crippen LogP contribution in [-0.4, -0.2) is 141 Å². The standard InChI is InChI=1S/C52H58N4O12S12/c1-61-13-15-63-17-19-65-21-23-67-39-26-40(68-24-22-66-20-18-64-16-14-62-2)38(48(60)56-36-11-7-34(8-12-36)54-42(58)28-72-46-32-76-52(80-46)50-74-30-44(70-4)78-50)25-37(39)47(59)55-35-9-5-33(6-10-35)53-41(57)27-71-45-31-75-51(79-45)49-73-29-43(69-3)77-49/h5-12,25-26,29-32H,13-24,27-28H2,1-4H3,(H,53,57)(H,54,58)(H,55,59)(H,56,60)/b51-49-,52-50+. The summed E-state index contributed by atoms with van der Waals surface area (Å²) in [5.74, 6) is -0.750. The van der Waals surface area contributed by atoms with Gasteiger partial charge in [0.15, 0.2) is 0 Å². The van der Waals surface area contributed by atoms with Gasteiger partial charge in [0.2, 0.25) is 11.8 Å². The van der Waals surface area contributed by atoms with Gasteiger partial charge in [-0.05, 0) is 88.7 Å². The summed E-state index contributed by atoms with van der Waals surface area (Å²) in [5, 5.41) is 20.2. The van der Waals surface area contributed by atoms with Crippen molar-refractivity contribution in [3.63, 3.8) is 0 Å². The Kier molecular flexibility index (Phi) is 29.6. The third-order valence-electron chi connectivity index (χ3n) is 10.3. The number of nitrogens with one attached hydrogen (secondary N) is 4. The quantitative estimate of drug-likeness (QED) is 0.0413. The van der Waals surface area contributed by atoms with Crippen LogP contribution in [0.4, 0.5) is 22.7 Å². The lowest BCUT2D eigenvalue weighted by Crippen LogP contribution is -2.20. The predicted octanol–water partition coefficient (Wildman–Crippen LogP) is 13.7. The number of hydrogen-bond donors (Lipinski definition) is 4. The maximum Gasteiger partial charge on any atom is 0.259 e. The number of anilines is 4. The van der Waals surface area contributed by atoms with Crippen molar-refractivity contribution >= 4 is 188 Å². The highest BCUT2D eigenvalue weighted by Gasteiger charge is 2.26. The fraction of sp³-hybridized carbons (Fsp3) is 0.346. The third kappa shape index (κ3) is 22.2. The lowest BCUT2D eigenvalue weighted by Gasteiger charge is -2.18. The minimum atomic E-state index is -0.575. The summed E-state index contributed by atoms with van der Waals surface area (Å²) in [5.41, 5.74) is 2.05. The maximum absolute atomic E-state index is 14.3. The van der Waals surface area contributed by atoms with Gasteiger partial charge in [-0.2, -0.15) is 0 Å². The molecule has 0 unspecified atom stereocenters. The fourth-order valence-corrected chi connectivity index (χ4v) is 20.4. The van der Waals surface area contributed by atoms with E-state index in [0.29, 0.717) is 75.6 Å². The van der Waals surface area contributed by atoms with Crippen LogP contribution in [-0.2, 0) is 38.0 Å². The second-order valence-electron chi connectivity index (χ2n) is 15.9. The van der Waals surface area contributed by atoms with E-state index in [4.69, 9.17) is 37.9 Å². The van der Waals surface area contributed by atoms with E-state index >= 15 is 0 Å². The van der Waals surface area contributed by atoms with Crippen molar-refractivity contribution in [2.45, 2.75) is 0 Å². The van der Waals surface area contributed by atoms with Gasteiger partial charge >= 0.3 is 0 Å². The Balaban J connectivity index is 0.994. The molecule has 430 valence electrons. The summed E-state index contributed by atoms with van der Waals surface area (Å²) in [7, 11) is 3.20. The van der Waals surface area contributed by atoms with Gasteiger partial charge in [-0.1, -0.05) is 94.1 Å². The number of rotatable bonds is 34. The number of carbonyl (C=O) groups is 4. The van der Waals surface area contributed by atoms with Crippen molar-refractivity contribution in [2.75, 3.05) is 139 Å². The molecule has 4 N–H and O–H groups in total. The maximum atomic E-state index is 14.3. The molecule has 0 atom stereocenters. The van der Waals surface area contributed by atoms with Crippen LogP contribution in [0.1, 0.15) is 20.7 Å². The van der Waals surface area contributed by atoms with E-state index < -0.39 is 11.8 Å². The van der Waals surface area contributed by atoms with Crippen LogP contribution in [0.15, 0.2) is 116 Å². The number of benzene rings is 3. The Morgan fingerprint density at radius 3 is 1.06 bits per heavy atom. The van der Waals surface area contributed by atoms with Gasteiger partial charge in [-0.3, -0.25) is 19.2 Å². The second-order valence-corrected chi connectivity index (χ2v) is 29.4. The Labute approximate surface area is 517 Å². The van der Waals surface area contributed by atoms with Gasteiger partial charge in [0, 0.05) is 43.0 Å². The van der Waals surface area contributed by atoms with Gasteiger partial charge in [-0.15, -0.1) is 47.0 Å². The molecule has 28 heteroatoms. The molecule has 0 aromatic heterocycles. The number of ether oxygens (including phenoxy) is 8. The predicted molar refractivity (Wildman–Crippen MR) is 350 cm³/mol. The van der Waals surface area contributed by atoms with Crippen molar-refractivity contribution < 1.29 is 57.1 Å². The first-order chi connectivity index (χ1) is 39.1. The zero-order chi connectivity index (χ0) is 56.3. The summed E-state index contributed by atoms with van der Waals surface area (Å²) in [6.07, 6.45) is 4.15. The minimum absolute atomic E-state index is 0.0404. The van der Waals surface area contributed by atoms with Gasteiger partial charge in [0.1, 0.15) is 24.7 Å². The van der Waals surface area contributed by atoms with Crippen molar-refractivity contribution in [1.82, 2.24) is 0 Å². The van der Waals surface area contributed by atoms with E-state index in [1.54, 1.807) is 180 Å². The first-order valence-corrected chi connectivity index (χ1v) is 35.5. The highest BCUT2D eigenvalue weighted by molar-refractivity contribution is 8.41. The minimum Gasteiger partial charge on any atom is -0.490 e. The highest BCUT2D eigenvalue weighted by atomic mass is 32.3. The largest absolute Gasteiger partial charge is 0.490 e. The third-order valence-corrected chi connectivity index (χ3v) is 25.9. The average Bonchev–Trinajstić information content (AvgIpc) is 4.34. The number of thioether (sulfide) groups is 12. The molecule has 80 heavy (non-hydrogen) atoms. The molecule has 4 amide bonds. The van der Waals surface area contributed by atoms with Gasteiger partial charge in [0.25, 0.3) is 11.8 Å². The molecule has 0 aliphatic carbocycles. The van der Waals surface area contributed by atoms with Crippen molar-refractivity contribution in [3.8, 4) is 11.5 Å². The van der Waals surface area contributed by atoms with E-state index in [2.05, 4.69) is 55.4 Å². The van der Waals surface area contributed by atoms with Crippen LogP contribution in [0, 0.1) is 0 Å². The van der Waals surface area contributed by atoms with Crippen LogP contribution in [0.25, 0.3) is 0 Å². The molecule has 0 radical (unpaired) electrons. The second kappa shape index (κ2) is 36.4. The summed E-state index contributed by atoms with van der Waals surface area (Å²) < 4.78 is 54.5. The molecule has 3 aromatic carbocycles. The van der Waals surface area contributed by atoms with Gasteiger partial charge < -0.3 is 59.2 Å². The van der Waals surface area contributed by atoms with Gasteiger partial charge in [0.05, 0.1) is 123 Å². The zero-order valence-corrected chi connectivity index (χ0v) is 53.6. The Bertz CT molecular complexity index is 2620. The smallest absolute Gasteiger partial charge is 0.259 e. The van der Waals surface area contributed by atoms with Crippen LogP contribution >= 0.6 is 141 Å². The van der Waals surface area contributed by atoms with Crippen LogP contribution in [0.2, 0.25) is 0 Å². The van der Waals surface area contributed by atoms with E-state index in [9.17, 15) is 19.2 Å². The number of amides is 4. The molecular formula is C52H58N4O12S12. The molecule has 4 heterocycles. The first-order valence-electron chi connectivity index (χ1n) is 24.3. The van der Waals surface area contributed by atoms with Gasteiger partial charge in [-0.25, -0.2) is 0 Å². The molecule has 7 rings (SSSR count). The fourth-order valence-electron chi connectivity index (χ4n) is 6.47. The normalized spacial score (nSPS) is 16.8. The highest BCUT2D eigenvalue weighted by Crippen LogP contribution is 2.60. The summed E-state index contributed by atoms with van der Waals surface area (Å²) in [6, 6.07) is 16.4. The Hall–Kier alpha value is -2.46. The van der Waals surface area contributed by atoms with E-state index in [0.717, 1.165) is 8.47 Å². The lowest BCUT2D eigenvalue weighted by molar-refractivity contribution is -0.114. The molecule has 0 bridgehead atoms. The molecule has 0 saturated carbocycles. The molecule has 3 aromatic rings. The molecule has 4 aliphatic rings. The van der Waals surface area contributed by atoms with E-state index in [1.807, 2.05) is 0 Å². The monoisotopic (exact) mass is 1310 g/mol. The number of hydrogen-bond acceptors (Lipinski definition) is 24. The zero-order valence-electron chi connectivity index (χ0n) is 43.8. The first kappa shape index (κ1) is 65.1. The SMILES string of the molecule is COCCOCCOCCOc1cc(OCCOCCOCCOC)c(C(=O)Nc2ccc(NC(=O)CSC3=CS/C(=C4/SC=C(SC)S4)S3)cc2)cc1C(=O)Nc1ccc(NC(=O)CSC2=CS/C(=C3\SC=C(SC)S3)S2)cc1. The van der Waals surface area contributed by atoms with Crippen molar-refractivity contribution in [3.05, 3.63) is 127 Å². The Morgan fingerprint density at radius 1 is 0.412 bits per heavy atom. The van der Waals surface area contributed by atoms with E-state index in [1.165, 1.54) is 61.1 Å². The van der Waals surface area contributed by atoms with Crippen molar-refractivity contribution in [1.29, 1.82) is 0 Å². The summed E-state index contributed by atoms with van der Waals surface area (Å²) in [4.78, 5) is 54.7. The van der Waals surface area contributed by atoms with Crippen LogP contribution < -0.4 is 30.7 Å². The topological polar surface area (TPSA) is 190 Å². The van der Waals surface area contributed by atoms with Crippen molar-refractivity contribution in [2.24, 2.45) is 0 Å². The molecule has 16 nitrogen and oxygen atoms in total. The molecule has 0 fully saturated rings. The lowest BCUT2D eigenvalue weighted by atomic mass is 10.1. The number of methoxy groups -OCH3 is 2. The summed E-state index contributed by atoms with van der Waals surface area (Å²) >= 11 is 20.2. The molecule has 0 spiro atoms. The summed E-state index contributed by atoms with van der Waals surface area (Å²) in [6.45, 7) is 3.59. The Morgan fingerprint density at radius 2 is 0.725 bits per heavy atom. The van der Waals surface area contributed by atoms with Crippen LogP contribution in [0.5, 0.6) is 11.5 Å². The van der Waals surface area contributed by atoms with Crippen LogP contribution in [0.3, 0.4) is 0 Å². The molecule has 4 aliphatic heterocycles. The number of carbonyl (C=O) groups excluding carboxylic acids is 4. The average molecular weight is 1320 g/mol.